The lowest BCUT2D eigenvalue weighted by Crippen LogP contribution is -2.20. The highest BCUT2D eigenvalue weighted by atomic mass is 16.5. The molecule has 3 heteroatoms. The molecule has 19 heavy (non-hydrogen) atoms. The lowest BCUT2D eigenvalue weighted by molar-refractivity contribution is 0.0849. The van der Waals surface area contributed by atoms with Crippen LogP contribution in [0, 0.1) is 6.92 Å². The van der Waals surface area contributed by atoms with E-state index in [4.69, 9.17) is 4.74 Å². The summed E-state index contributed by atoms with van der Waals surface area (Å²) in [4.78, 5) is 12.1. The number of phenolic OH excluding ortho intramolecular Hbond substituents is 1. The highest BCUT2D eigenvalue weighted by molar-refractivity contribution is 6.00. The first kappa shape index (κ1) is 11.8. The number of phenols is 1. The number of hydrogen-bond donors (Lipinski definition) is 1. The van der Waals surface area contributed by atoms with Crippen LogP contribution in [0.25, 0.3) is 0 Å². The van der Waals surface area contributed by atoms with Gasteiger partial charge in [-0.05, 0) is 24.6 Å². The number of aromatic hydroxyl groups is 1. The number of aryl methyl sites for hydroxylation is 1. The number of carbonyl (C=O) groups excluding carboxylic acids is 1. The van der Waals surface area contributed by atoms with E-state index in [9.17, 15) is 9.90 Å². The minimum absolute atomic E-state index is 0.0480. The number of fused-ring (bicyclic) bond motifs is 1. The second-order valence-electron chi connectivity index (χ2n) is 4.82. The second-order valence-corrected chi connectivity index (χ2v) is 4.82. The molecule has 96 valence electrons. The van der Waals surface area contributed by atoms with Crippen molar-refractivity contribution < 1.29 is 14.6 Å². The summed E-state index contributed by atoms with van der Waals surface area (Å²) in [7, 11) is 0. The van der Waals surface area contributed by atoms with E-state index in [0.717, 1.165) is 5.56 Å². The van der Waals surface area contributed by atoms with Crippen LogP contribution in [-0.4, -0.2) is 10.9 Å². The molecule has 0 aromatic heterocycles. The van der Waals surface area contributed by atoms with Gasteiger partial charge in [0.15, 0.2) is 5.78 Å². The molecule has 1 atom stereocenters. The number of ketones is 1. The van der Waals surface area contributed by atoms with E-state index in [1.54, 1.807) is 6.07 Å². The molecule has 1 aliphatic rings. The number of benzene rings is 2. The molecule has 1 heterocycles. The molecule has 0 saturated heterocycles. The van der Waals surface area contributed by atoms with Crippen LogP contribution in [0.2, 0.25) is 0 Å². The first-order chi connectivity index (χ1) is 9.13. The van der Waals surface area contributed by atoms with Crippen molar-refractivity contribution in [3.63, 3.8) is 0 Å². The highest BCUT2D eigenvalue weighted by Crippen LogP contribution is 2.36. The molecule has 0 bridgehead atoms. The number of Topliss-reactive ketones (excluding diaryl/α,β-unsaturated/α-hetero) is 1. The normalized spacial score (nSPS) is 17.7. The van der Waals surface area contributed by atoms with E-state index in [-0.39, 0.29) is 17.6 Å². The van der Waals surface area contributed by atoms with Gasteiger partial charge in [0.05, 0.1) is 12.0 Å². The van der Waals surface area contributed by atoms with Gasteiger partial charge >= 0.3 is 0 Å². The molecule has 0 radical (unpaired) electrons. The maximum atomic E-state index is 12.1. The van der Waals surface area contributed by atoms with E-state index in [1.165, 1.54) is 17.7 Å². The molecule has 0 aliphatic carbocycles. The lowest BCUT2D eigenvalue weighted by Gasteiger charge is -2.25. The maximum absolute atomic E-state index is 12.1. The van der Waals surface area contributed by atoms with Gasteiger partial charge < -0.3 is 9.84 Å². The minimum atomic E-state index is -0.276. The first-order valence-corrected chi connectivity index (χ1v) is 6.23. The summed E-state index contributed by atoms with van der Waals surface area (Å²) in [5.74, 6) is 0.616. The van der Waals surface area contributed by atoms with E-state index in [1.807, 2.05) is 31.2 Å². The van der Waals surface area contributed by atoms with E-state index >= 15 is 0 Å². The van der Waals surface area contributed by atoms with Gasteiger partial charge in [0.2, 0.25) is 0 Å². The first-order valence-electron chi connectivity index (χ1n) is 6.23. The molecule has 0 amide bonds. The lowest BCUT2D eigenvalue weighted by atomic mass is 9.96. The van der Waals surface area contributed by atoms with Gasteiger partial charge in [-0.1, -0.05) is 29.8 Å². The van der Waals surface area contributed by atoms with Gasteiger partial charge in [-0.2, -0.15) is 0 Å². The quantitative estimate of drug-likeness (QED) is 0.848. The fourth-order valence-corrected chi connectivity index (χ4v) is 2.28. The summed E-state index contributed by atoms with van der Waals surface area (Å²) < 4.78 is 5.83. The topological polar surface area (TPSA) is 46.5 Å². The van der Waals surface area contributed by atoms with Crippen molar-refractivity contribution in [3.8, 4) is 11.5 Å². The molecule has 1 unspecified atom stereocenters. The molecule has 1 aliphatic heterocycles. The predicted octanol–water partition coefficient (Wildman–Crippen LogP) is 3.41. The van der Waals surface area contributed by atoms with Crippen LogP contribution >= 0.6 is 0 Å². The standard InChI is InChI=1S/C16H14O3/c1-10-2-4-11(5-3-10)15-9-14(18)13-7-6-12(17)8-16(13)19-15/h2-8,15,17H,9H2,1H3. The molecule has 2 aromatic rings. The molecule has 0 spiro atoms. The Morgan fingerprint density at radius 1 is 1.16 bits per heavy atom. The predicted molar refractivity (Wildman–Crippen MR) is 71.6 cm³/mol. The SMILES string of the molecule is Cc1ccc(C2CC(=O)c3ccc(O)cc3O2)cc1. The van der Waals surface area contributed by atoms with Crippen LogP contribution in [0.1, 0.15) is 34.0 Å². The third-order valence-electron chi connectivity index (χ3n) is 3.35. The molecular weight excluding hydrogens is 240 g/mol. The van der Waals surface area contributed by atoms with Gasteiger partial charge in [-0.3, -0.25) is 4.79 Å². The number of rotatable bonds is 1. The van der Waals surface area contributed by atoms with Crippen molar-refractivity contribution in [2.24, 2.45) is 0 Å². The van der Waals surface area contributed by atoms with Gasteiger partial charge in [0.25, 0.3) is 0 Å². The Morgan fingerprint density at radius 3 is 2.63 bits per heavy atom. The van der Waals surface area contributed by atoms with Gasteiger partial charge in [0, 0.05) is 6.07 Å². The second kappa shape index (κ2) is 4.43. The van der Waals surface area contributed by atoms with Crippen LogP contribution in [0.4, 0.5) is 0 Å². The van der Waals surface area contributed by atoms with E-state index in [2.05, 4.69) is 0 Å². The Labute approximate surface area is 111 Å². The largest absolute Gasteiger partial charge is 0.508 e. The van der Waals surface area contributed by atoms with Crippen molar-refractivity contribution in [2.75, 3.05) is 0 Å². The zero-order chi connectivity index (χ0) is 13.4. The van der Waals surface area contributed by atoms with Gasteiger partial charge in [-0.25, -0.2) is 0 Å². The molecule has 3 nitrogen and oxygen atoms in total. The van der Waals surface area contributed by atoms with Crippen LogP contribution in [0.15, 0.2) is 42.5 Å². The zero-order valence-corrected chi connectivity index (χ0v) is 10.6. The zero-order valence-electron chi connectivity index (χ0n) is 10.6. The summed E-state index contributed by atoms with van der Waals surface area (Å²) in [5, 5.41) is 9.48. The Morgan fingerprint density at radius 2 is 1.89 bits per heavy atom. The Bertz CT molecular complexity index is 629. The summed E-state index contributed by atoms with van der Waals surface area (Å²) >= 11 is 0. The Hall–Kier alpha value is -2.29. The summed E-state index contributed by atoms with van der Waals surface area (Å²) in [5.41, 5.74) is 2.69. The molecular formula is C16H14O3. The third kappa shape index (κ3) is 2.19. The Kier molecular flexibility index (Phi) is 2.75. The van der Waals surface area contributed by atoms with E-state index < -0.39 is 0 Å². The van der Waals surface area contributed by atoms with Crippen LogP contribution in [0.5, 0.6) is 11.5 Å². The number of ether oxygens (including phenoxy) is 1. The smallest absolute Gasteiger partial charge is 0.170 e. The number of hydrogen-bond acceptors (Lipinski definition) is 3. The van der Waals surface area contributed by atoms with E-state index in [0.29, 0.717) is 17.7 Å². The third-order valence-corrected chi connectivity index (χ3v) is 3.35. The Balaban J connectivity index is 1.96. The summed E-state index contributed by atoms with van der Waals surface area (Å²) in [6, 6.07) is 12.6. The van der Waals surface area contributed by atoms with Crippen molar-refractivity contribution in [2.45, 2.75) is 19.4 Å². The maximum Gasteiger partial charge on any atom is 0.170 e. The van der Waals surface area contributed by atoms with Crippen LogP contribution in [0.3, 0.4) is 0 Å². The monoisotopic (exact) mass is 254 g/mol. The average Bonchev–Trinajstić information content (AvgIpc) is 2.38. The summed E-state index contributed by atoms with van der Waals surface area (Å²) in [6.07, 6.45) is 0.0586. The van der Waals surface area contributed by atoms with Crippen molar-refractivity contribution >= 4 is 5.78 Å². The fourth-order valence-electron chi connectivity index (χ4n) is 2.28. The fraction of sp³-hybridized carbons (Fsp3) is 0.188. The minimum Gasteiger partial charge on any atom is -0.508 e. The van der Waals surface area contributed by atoms with Gasteiger partial charge in [0.1, 0.15) is 17.6 Å². The van der Waals surface area contributed by atoms with Crippen molar-refractivity contribution in [3.05, 3.63) is 59.2 Å². The van der Waals surface area contributed by atoms with Crippen molar-refractivity contribution in [1.82, 2.24) is 0 Å². The van der Waals surface area contributed by atoms with Gasteiger partial charge in [-0.15, -0.1) is 0 Å². The van der Waals surface area contributed by atoms with Crippen LogP contribution in [-0.2, 0) is 0 Å². The molecule has 0 saturated carbocycles. The summed E-state index contributed by atoms with van der Waals surface area (Å²) in [6.45, 7) is 2.02. The number of carbonyl (C=O) groups is 1. The average molecular weight is 254 g/mol. The molecule has 3 rings (SSSR count). The highest BCUT2D eigenvalue weighted by Gasteiger charge is 2.27. The van der Waals surface area contributed by atoms with Crippen molar-refractivity contribution in [1.29, 1.82) is 0 Å². The molecule has 1 N–H and O–H groups in total. The molecule has 2 aromatic carbocycles. The molecule has 0 fully saturated rings. The van der Waals surface area contributed by atoms with Crippen LogP contribution < -0.4 is 4.74 Å².